The molecule has 0 aromatic heterocycles. The number of rotatable bonds is 5. The van der Waals surface area contributed by atoms with Crippen molar-refractivity contribution >= 4 is 17.5 Å². The van der Waals surface area contributed by atoms with Gasteiger partial charge in [-0.05, 0) is 17.7 Å². The Morgan fingerprint density at radius 3 is 2.64 bits per heavy atom. The van der Waals surface area contributed by atoms with Crippen molar-refractivity contribution in [2.75, 3.05) is 39.1 Å². The highest BCUT2D eigenvalue weighted by molar-refractivity contribution is 5.91. The number of hydrogen-bond acceptors (Lipinski definition) is 4. The lowest BCUT2D eigenvalue weighted by atomic mass is 10.1. The van der Waals surface area contributed by atoms with Crippen molar-refractivity contribution < 1.29 is 14.3 Å². The molecule has 0 bridgehead atoms. The summed E-state index contributed by atoms with van der Waals surface area (Å²) in [7, 11) is 3.47. The van der Waals surface area contributed by atoms with E-state index in [1.807, 2.05) is 24.3 Å². The lowest BCUT2D eigenvalue weighted by Gasteiger charge is -2.23. The van der Waals surface area contributed by atoms with Gasteiger partial charge in [-0.1, -0.05) is 12.1 Å². The molecule has 6 heteroatoms. The third-order valence-corrected chi connectivity index (χ3v) is 3.51. The monoisotopic (exact) mass is 305 g/mol. The van der Waals surface area contributed by atoms with Crippen LogP contribution in [-0.2, 0) is 20.7 Å². The van der Waals surface area contributed by atoms with Crippen LogP contribution in [0.5, 0.6) is 0 Å². The number of nitrogens with one attached hydrogen (secondary N) is 2. The van der Waals surface area contributed by atoms with E-state index in [9.17, 15) is 9.59 Å². The van der Waals surface area contributed by atoms with Crippen LogP contribution in [0.1, 0.15) is 12.0 Å². The number of ether oxygens (including phenoxy) is 1. The lowest BCUT2D eigenvalue weighted by Crippen LogP contribution is -2.40. The van der Waals surface area contributed by atoms with E-state index < -0.39 is 0 Å². The summed E-state index contributed by atoms with van der Waals surface area (Å²) in [6.45, 7) is 2.19. The number of hydrogen-bond donors (Lipinski definition) is 2. The Hall–Kier alpha value is -1.92. The molecule has 0 radical (unpaired) electrons. The number of carbonyl (C=O) groups is 2. The first kappa shape index (κ1) is 16.5. The molecule has 2 rings (SSSR count). The Bertz CT molecular complexity index is 508. The van der Waals surface area contributed by atoms with Gasteiger partial charge < -0.3 is 20.3 Å². The minimum atomic E-state index is -0.0641. The van der Waals surface area contributed by atoms with Gasteiger partial charge in [0.15, 0.2) is 0 Å². The van der Waals surface area contributed by atoms with Crippen LogP contribution in [0.2, 0.25) is 0 Å². The Morgan fingerprint density at radius 1 is 1.32 bits per heavy atom. The van der Waals surface area contributed by atoms with Crippen LogP contribution in [0, 0.1) is 0 Å². The maximum absolute atomic E-state index is 12.0. The molecule has 1 aliphatic rings. The maximum atomic E-state index is 12.0. The van der Waals surface area contributed by atoms with E-state index in [-0.39, 0.29) is 17.9 Å². The van der Waals surface area contributed by atoms with Crippen molar-refractivity contribution in [1.29, 1.82) is 0 Å². The Balaban J connectivity index is 1.82. The normalized spacial score (nSPS) is 17.8. The highest BCUT2D eigenvalue weighted by Crippen LogP contribution is 2.12. The van der Waals surface area contributed by atoms with Crippen molar-refractivity contribution in [2.24, 2.45) is 0 Å². The molecule has 1 fully saturated rings. The first-order valence-corrected chi connectivity index (χ1v) is 7.46. The average molecular weight is 305 g/mol. The molecular formula is C16H23N3O3. The van der Waals surface area contributed by atoms with E-state index in [4.69, 9.17) is 4.74 Å². The van der Waals surface area contributed by atoms with Crippen LogP contribution < -0.4 is 10.6 Å². The molecule has 0 saturated carbocycles. The fraction of sp³-hybridized carbons (Fsp3) is 0.500. The largest absolute Gasteiger partial charge is 0.375 e. The molecule has 2 amide bonds. The van der Waals surface area contributed by atoms with Gasteiger partial charge >= 0.3 is 0 Å². The first-order chi connectivity index (χ1) is 10.5. The fourth-order valence-electron chi connectivity index (χ4n) is 2.21. The number of morpholine rings is 1. The summed E-state index contributed by atoms with van der Waals surface area (Å²) in [4.78, 5) is 25.1. The average Bonchev–Trinajstić information content (AvgIpc) is 2.50. The molecule has 1 aliphatic heterocycles. The van der Waals surface area contributed by atoms with Gasteiger partial charge in [-0.15, -0.1) is 0 Å². The number of likely N-dealkylation sites (N-methyl/N-ethyl adjacent to an activating group) is 1. The summed E-state index contributed by atoms with van der Waals surface area (Å²) >= 11 is 0. The molecule has 0 aliphatic carbocycles. The van der Waals surface area contributed by atoms with E-state index in [2.05, 4.69) is 10.6 Å². The molecule has 1 heterocycles. The Labute approximate surface area is 130 Å². The summed E-state index contributed by atoms with van der Waals surface area (Å²) < 4.78 is 5.51. The van der Waals surface area contributed by atoms with Gasteiger partial charge in [-0.2, -0.15) is 0 Å². The summed E-state index contributed by atoms with van der Waals surface area (Å²) in [6.07, 6.45) is 0.641. The summed E-state index contributed by atoms with van der Waals surface area (Å²) in [5, 5.41) is 6.05. The molecule has 0 spiro atoms. The van der Waals surface area contributed by atoms with Crippen molar-refractivity contribution in [3.63, 3.8) is 0 Å². The van der Waals surface area contributed by atoms with E-state index >= 15 is 0 Å². The van der Waals surface area contributed by atoms with E-state index in [0.717, 1.165) is 17.8 Å². The van der Waals surface area contributed by atoms with Crippen molar-refractivity contribution in [3.8, 4) is 0 Å². The van der Waals surface area contributed by atoms with Gasteiger partial charge in [0.25, 0.3) is 0 Å². The van der Waals surface area contributed by atoms with Gasteiger partial charge in [-0.3, -0.25) is 9.59 Å². The van der Waals surface area contributed by atoms with Gasteiger partial charge in [0.2, 0.25) is 11.8 Å². The fourth-order valence-corrected chi connectivity index (χ4v) is 2.21. The smallest absolute Gasteiger partial charge is 0.227 e. The zero-order valence-electron chi connectivity index (χ0n) is 13.1. The van der Waals surface area contributed by atoms with E-state index in [1.165, 1.54) is 0 Å². The van der Waals surface area contributed by atoms with Crippen LogP contribution in [0.3, 0.4) is 0 Å². The van der Waals surface area contributed by atoms with Crippen molar-refractivity contribution in [3.05, 3.63) is 29.8 Å². The zero-order chi connectivity index (χ0) is 15.9. The van der Waals surface area contributed by atoms with Gasteiger partial charge in [0.1, 0.15) is 0 Å². The highest BCUT2D eigenvalue weighted by atomic mass is 16.5. The molecule has 22 heavy (non-hydrogen) atoms. The number of amides is 2. The summed E-state index contributed by atoms with van der Waals surface area (Å²) in [6, 6.07) is 7.34. The topological polar surface area (TPSA) is 70.7 Å². The summed E-state index contributed by atoms with van der Waals surface area (Å²) in [5.74, 6) is -0.00968. The Morgan fingerprint density at radius 2 is 2.05 bits per heavy atom. The van der Waals surface area contributed by atoms with Gasteiger partial charge in [0, 0.05) is 32.9 Å². The molecule has 1 aromatic carbocycles. The van der Waals surface area contributed by atoms with Crippen LogP contribution in [0.25, 0.3) is 0 Å². The maximum Gasteiger partial charge on any atom is 0.227 e. The molecule has 1 aromatic rings. The lowest BCUT2D eigenvalue weighted by molar-refractivity contribution is -0.128. The van der Waals surface area contributed by atoms with Crippen LogP contribution in [0.15, 0.2) is 24.3 Å². The summed E-state index contributed by atoms with van der Waals surface area (Å²) in [5.41, 5.74) is 1.66. The molecule has 1 unspecified atom stereocenters. The number of anilines is 1. The number of nitrogens with zero attached hydrogens (tertiary/aromatic N) is 1. The van der Waals surface area contributed by atoms with Gasteiger partial charge in [-0.25, -0.2) is 0 Å². The predicted octanol–water partition coefficient (Wildman–Crippen LogP) is 0.634. The zero-order valence-corrected chi connectivity index (χ0v) is 13.1. The second-order valence-corrected chi connectivity index (χ2v) is 5.61. The van der Waals surface area contributed by atoms with Crippen LogP contribution in [-0.4, -0.2) is 56.6 Å². The molecule has 1 atom stereocenters. The van der Waals surface area contributed by atoms with Crippen LogP contribution >= 0.6 is 0 Å². The van der Waals surface area contributed by atoms with Crippen LogP contribution in [0.4, 0.5) is 5.69 Å². The second-order valence-electron chi connectivity index (χ2n) is 5.61. The molecule has 2 N–H and O–H groups in total. The Kier molecular flexibility index (Phi) is 5.91. The van der Waals surface area contributed by atoms with E-state index in [0.29, 0.717) is 26.0 Å². The SMILES string of the molecule is CN(C)C(=O)Cc1ccc(NC(=O)CC2CNCCO2)cc1. The molecule has 120 valence electrons. The quantitative estimate of drug-likeness (QED) is 0.837. The minimum absolute atomic E-state index is 0.0544. The molecular weight excluding hydrogens is 282 g/mol. The standard InChI is InChI=1S/C16H23N3O3/c1-19(2)16(21)9-12-3-5-13(6-4-12)18-15(20)10-14-11-17-7-8-22-14/h3-6,14,17H,7-11H2,1-2H3,(H,18,20). The number of benzene rings is 1. The second kappa shape index (κ2) is 7.91. The predicted molar refractivity (Wildman–Crippen MR) is 84.7 cm³/mol. The molecule has 6 nitrogen and oxygen atoms in total. The van der Waals surface area contributed by atoms with Crippen molar-refractivity contribution in [2.45, 2.75) is 18.9 Å². The third-order valence-electron chi connectivity index (χ3n) is 3.51. The first-order valence-electron chi connectivity index (χ1n) is 7.46. The third kappa shape index (κ3) is 5.13. The molecule has 1 saturated heterocycles. The number of carbonyl (C=O) groups excluding carboxylic acids is 2. The van der Waals surface area contributed by atoms with Gasteiger partial charge in [0.05, 0.1) is 25.6 Å². The van der Waals surface area contributed by atoms with Crippen molar-refractivity contribution in [1.82, 2.24) is 10.2 Å². The van der Waals surface area contributed by atoms with E-state index in [1.54, 1.807) is 19.0 Å². The highest BCUT2D eigenvalue weighted by Gasteiger charge is 2.17. The minimum Gasteiger partial charge on any atom is -0.375 e.